The van der Waals surface area contributed by atoms with E-state index in [9.17, 15) is 0 Å². The Hall–Kier alpha value is -2.40. The zero-order valence-corrected chi connectivity index (χ0v) is 11.3. The second kappa shape index (κ2) is 5.30. The molecule has 0 aliphatic carbocycles. The number of hydrogen-bond donors (Lipinski definition) is 1. The van der Waals surface area contributed by atoms with Crippen molar-refractivity contribution < 1.29 is 0 Å². The van der Waals surface area contributed by atoms with E-state index in [1.165, 1.54) is 0 Å². The summed E-state index contributed by atoms with van der Waals surface area (Å²) in [5, 5.41) is 12.3. The molecule has 6 heteroatoms. The fraction of sp³-hybridized carbons (Fsp3) is 0.0714. The average molecular weight is 286 g/mol. The molecule has 0 bridgehead atoms. The molecule has 3 aromatic rings. The zero-order valence-electron chi connectivity index (χ0n) is 10.6. The molecule has 0 fully saturated rings. The van der Waals surface area contributed by atoms with Gasteiger partial charge in [0.05, 0.1) is 17.3 Å². The molecule has 0 radical (unpaired) electrons. The van der Waals surface area contributed by atoms with Crippen LogP contribution in [-0.2, 0) is 6.54 Å². The fourth-order valence-electron chi connectivity index (χ4n) is 1.94. The van der Waals surface area contributed by atoms with Crippen LogP contribution in [0.5, 0.6) is 0 Å². The molecule has 0 aliphatic rings. The Bertz CT molecular complexity index is 723. The van der Waals surface area contributed by atoms with Crippen LogP contribution in [0.2, 0.25) is 5.02 Å². The number of aromatic nitrogens is 4. The van der Waals surface area contributed by atoms with E-state index in [2.05, 4.69) is 15.5 Å². The highest BCUT2D eigenvalue weighted by molar-refractivity contribution is 6.33. The number of halogens is 1. The van der Waals surface area contributed by atoms with Gasteiger partial charge in [-0.05, 0) is 34.2 Å². The van der Waals surface area contributed by atoms with Gasteiger partial charge in [0.1, 0.15) is 0 Å². The lowest BCUT2D eigenvalue weighted by molar-refractivity contribution is 0.653. The number of anilines is 1. The van der Waals surface area contributed by atoms with Crippen LogP contribution in [0.25, 0.3) is 11.4 Å². The van der Waals surface area contributed by atoms with Gasteiger partial charge >= 0.3 is 0 Å². The Labute approximate surface area is 121 Å². The Morgan fingerprint density at radius 3 is 2.65 bits per heavy atom. The number of tetrazole rings is 1. The van der Waals surface area contributed by atoms with Crippen molar-refractivity contribution >= 4 is 17.3 Å². The number of nitrogens with zero attached hydrogens (tertiary/aromatic N) is 4. The number of benzene rings is 2. The molecule has 0 atom stereocenters. The first kappa shape index (κ1) is 12.6. The van der Waals surface area contributed by atoms with Crippen molar-refractivity contribution in [1.29, 1.82) is 0 Å². The molecule has 0 amide bonds. The first-order valence-corrected chi connectivity index (χ1v) is 6.47. The van der Waals surface area contributed by atoms with Gasteiger partial charge in [-0.25, -0.2) is 4.68 Å². The van der Waals surface area contributed by atoms with Crippen LogP contribution in [0.15, 0.2) is 48.5 Å². The lowest BCUT2D eigenvalue weighted by Crippen LogP contribution is -2.04. The van der Waals surface area contributed by atoms with E-state index in [1.807, 2.05) is 36.4 Å². The Balaban J connectivity index is 1.95. The molecule has 5 nitrogen and oxygen atoms in total. The largest absolute Gasteiger partial charge is 0.398 e. The molecule has 2 N–H and O–H groups in total. The van der Waals surface area contributed by atoms with E-state index in [0.29, 0.717) is 23.1 Å². The van der Waals surface area contributed by atoms with Crippen molar-refractivity contribution in [3.63, 3.8) is 0 Å². The number of nitrogen functional groups attached to an aromatic ring is 1. The van der Waals surface area contributed by atoms with E-state index in [1.54, 1.807) is 16.8 Å². The van der Waals surface area contributed by atoms with E-state index < -0.39 is 0 Å². The second-order valence-electron chi connectivity index (χ2n) is 4.38. The van der Waals surface area contributed by atoms with E-state index >= 15 is 0 Å². The third-order valence-electron chi connectivity index (χ3n) is 2.97. The summed E-state index contributed by atoms with van der Waals surface area (Å²) in [5.41, 5.74) is 8.22. The summed E-state index contributed by atoms with van der Waals surface area (Å²) in [6.07, 6.45) is 0. The van der Waals surface area contributed by atoms with Crippen LogP contribution in [0.1, 0.15) is 5.56 Å². The highest BCUT2D eigenvalue weighted by atomic mass is 35.5. The molecule has 3 rings (SSSR count). The first-order valence-electron chi connectivity index (χ1n) is 6.09. The van der Waals surface area contributed by atoms with Crippen molar-refractivity contribution in [3.05, 3.63) is 59.1 Å². The summed E-state index contributed by atoms with van der Waals surface area (Å²) in [7, 11) is 0. The molecule has 0 saturated heterocycles. The molecule has 0 unspecified atom stereocenters. The van der Waals surface area contributed by atoms with Gasteiger partial charge in [-0.3, -0.25) is 0 Å². The summed E-state index contributed by atoms with van der Waals surface area (Å²) in [4.78, 5) is 0. The minimum absolute atomic E-state index is 0.497. The Morgan fingerprint density at radius 1 is 1.10 bits per heavy atom. The molecule has 0 spiro atoms. The fourth-order valence-corrected chi connectivity index (χ4v) is 2.12. The van der Waals surface area contributed by atoms with Gasteiger partial charge in [0.15, 0.2) is 5.82 Å². The number of rotatable bonds is 3. The lowest BCUT2D eigenvalue weighted by Gasteiger charge is -2.06. The van der Waals surface area contributed by atoms with E-state index in [0.717, 1.165) is 11.1 Å². The Morgan fingerprint density at radius 2 is 1.90 bits per heavy atom. The third kappa shape index (κ3) is 2.48. The van der Waals surface area contributed by atoms with Gasteiger partial charge in [-0.1, -0.05) is 41.9 Å². The number of hydrogen-bond acceptors (Lipinski definition) is 4. The summed E-state index contributed by atoms with van der Waals surface area (Å²) < 4.78 is 1.73. The van der Waals surface area contributed by atoms with Crippen LogP contribution in [0.3, 0.4) is 0 Å². The van der Waals surface area contributed by atoms with Crippen LogP contribution in [0, 0.1) is 0 Å². The minimum atomic E-state index is 0.497. The number of nitrogens with two attached hydrogens (primary N) is 1. The van der Waals surface area contributed by atoms with E-state index in [-0.39, 0.29) is 0 Å². The Kier molecular flexibility index (Phi) is 3.35. The molecule has 20 heavy (non-hydrogen) atoms. The third-order valence-corrected chi connectivity index (χ3v) is 3.29. The minimum Gasteiger partial charge on any atom is -0.398 e. The average Bonchev–Trinajstić information content (AvgIpc) is 2.91. The second-order valence-corrected chi connectivity index (χ2v) is 4.79. The van der Waals surface area contributed by atoms with Crippen molar-refractivity contribution in [2.24, 2.45) is 0 Å². The normalized spacial score (nSPS) is 10.7. The van der Waals surface area contributed by atoms with Crippen LogP contribution < -0.4 is 5.73 Å². The van der Waals surface area contributed by atoms with Crippen molar-refractivity contribution in [2.75, 3.05) is 5.73 Å². The molecule has 2 aromatic carbocycles. The van der Waals surface area contributed by atoms with Gasteiger partial charge in [0.25, 0.3) is 0 Å². The maximum atomic E-state index is 6.04. The molecule has 100 valence electrons. The predicted molar refractivity (Wildman–Crippen MR) is 78.2 cm³/mol. The molecule has 0 aliphatic heterocycles. The molecule has 0 saturated carbocycles. The first-order chi connectivity index (χ1) is 9.74. The van der Waals surface area contributed by atoms with Gasteiger partial charge in [-0.15, -0.1) is 5.10 Å². The maximum absolute atomic E-state index is 6.04. The monoisotopic (exact) mass is 285 g/mol. The van der Waals surface area contributed by atoms with Crippen molar-refractivity contribution in [2.45, 2.75) is 6.54 Å². The standard InChI is InChI=1S/C14H12ClN5/c15-12-8-11(6-7-13(12)16)14-17-18-19-20(14)9-10-4-2-1-3-5-10/h1-8H,9,16H2. The molecular formula is C14H12ClN5. The molecule has 1 aromatic heterocycles. The smallest absolute Gasteiger partial charge is 0.182 e. The van der Waals surface area contributed by atoms with Gasteiger partial charge in [-0.2, -0.15) is 0 Å². The van der Waals surface area contributed by atoms with Crippen LogP contribution >= 0.6 is 11.6 Å². The maximum Gasteiger partial charge on any atom is 0.182 e. The summed E-state index contributed by atoms with van der Waals surface area (Å²) in [5.74, 6) is 0.663. The van der Waals surface area contributed by atoms with Crippen molar-refractivity contribution in [1.82, 2.24) is 20.2 Å². The van der Waals surface area contributed by atoms with Crippen LogP contribution in [-0.4, -0.2) is 20.2 Å². The quantitative estimate of drug-likeness (QED) is 0.751. The molecular weight excluding hydrogens is 274 g/mol. The topological polar surface area (TPSA) is 69.6 Å². The highest BCUT2D eigenvalue weighted by Crippen LogP contribution is 2.25. The van der Waals surface area contributed by atoms with E-state index in [4.69, 9.17) is 17.3 Å². The summed E-state index contributed by atoms with van der Waals surface area (Å²) >= 11 is 6.04. The van der Waals surface area contributed by atoms with Crippen LogP contribution in [0.4, 0.5) is 5.69 Å². The summed E-state index contributed by atoms with van der Waals surface area (Å²) in [6.45, 7) is 0.602. The lowest BCUT2D eigenvalue weighted by atomic mass is 10.2. The molecule has 1 heterocycles. The SMILES string of the molecule is Nc1ccc(-c2nnnn2Cc2ccccc2)cc1Cl. The predicted octanol–water partition coefficient (Wildman–Crippen LogP) is 2.62. The van der Waals surface area contributed by atoms with Gasteiger partial charge in [0, 0.05) is 5.56 Å². The van der Waals surface area contributed by atoms with Gasteiger partial charge < -0.3 is 5.73 Å². The van der Waals surface area contributed by atoms with Crippen molar-refractivity contribution in [3.8, 4) is 11.4 Å². The summed E-state index contributed by atoms with van der Waals surface area (Å²) in [6, 6.07) is 15.4. The van der Waals surface area contributed by atoms with Gasteiger partial charge in [0.2, 0.25) is 0 Å². The highest BCUT2D eigenvalue weighted by Gasteiger charge is 2.10. The zero-order chi connectivity index (χ0) is 13.9.